The van der Waals surface area contributed by atoms with Crippen molar-refractivity contribution in [2.75, 3.05) is 13.9 Å². The number of carbonyl (C=O) groups is 1. The van der Waals surface area contributed by atoms with Crippen LogP contribution in [-0.4, -0.2) is 19.7 Å². The van der Waals surface area contributed by atoms with Crippen molar-refractivity contribution < 1.29 is 14.3 Å². The van der Waals surface area contributed by atoms with Gasteiger partial charge >= 0.3 is 0 Å². The summed E-state index contributed by atoms with van der Waals surface area (Å²) in [6, 6.07) is 12.2. The molecule has 0 aliphatic heterocycles. The SMILES string of the molecule is COCOc1c(C)cc(C(C)(C)C)cc1Pc1ccccc1C(C)=O. The molecule has 2 rings (SSSR count). The molecule has 0 amide bonds. The molecule has 2 aromatic carbocycles. The first kappa shape index (κ1) is 19.6. The van der Waals surface area contributed by atoms with Crippen molar-refractivity contribution >= 4 is 25.0 Å². The Kier molecular flexibility index (Phi) is 6.37. The normalized spacial score (nSPS) is 11.9. The molecule has 0 spiro atoms. The number of ether oxygens (including phenoxy) is 2. The standard InChI is InChI=1S/C21H27O3P/c1-14-11-16(21(3,4)5)12-19(20(14)24-13-23-6)25-18-10-8-7-9-17(18)15(2)22/h7-12,25H,13H2,1-6H3. The zero-order chi connectivity index (χ0) is 18.6. The monoisotopic (exact) mass is 358 g/mol. The predicted octanol–water partition coefficient (Wildman–Crippen LogP) is 4.11. The molecule has 4 heteroatoms. The number of benzene rings is 2. The van der Waals surface area contributed by atoms with E-state index in [1.54, 1.807) is 14.0 Å². The van der Waals surface area contributed by atoms with Gasteiger partial charge in [0.25, 0.3) is 0 Å². The lowest BCUT2D eigenvalue weighted by molar-refractivity contribution is 0.0514. The molecule has 25 heavy (non-hydrogen) atoms. The third-order valence-corrected chi connectivity index (χ3v) is 5.38. The second kappa shape index (κ2) is 8.12. The Morgan fingerprint density at radius 2 is 1.80 bits per heavy atom. The van der Waals surface area contributed by atoms with Gasteiger partial charge in [-0.25, -0.2) is 0 Å². The molecular formula is C21H27O3P. The van der Waals surface area contributed by atoms with Crippen molar-refractivity contribution in [3.8, 4) is 5.75 Å². The highest BCUT2D eigenvalue weighted by Gasteiger charge is 2.19. The quantitative estimate of drug-likeness (QED) is 0.443. The van der Waals surface area contributed by atoms with E-state index in [0.717, 1.165) is 27.5 Å². The topological polar surface area (TPSA) is 35.5 Å². The number of Topliss-reactive ketones (excluding diaryl/α,β-unsaturated/α-hetero) is 1. The minimum atomic E-state index is 0.0455. The number of hydrogen-bond acceptors (Lipinski definition) is 3. The summed E-state index contributed by atoms with van der Waals surface area (Å²) in [7, 11) is 1.97. The van der Waals surface area contributed by atoms with Crippen LogP contribution < -0.4 is 15.3 Å². The summed E-state index contributed by atoms with van der Waals surface area (Å²) in [5.41, 5.74) is 3.17. The Morgan fingerprint density at radius 3 is 2.40 bits per heavy atom. The van der Waals surface area contributed by atoms with Crippen LogP contribution in [0.4, 0.5) is 0 Å². The molecule has 2 aromatic rings. The van der Waals surface area contributed by atoms with Crippen molar-refractivity contribution in [2.24, 2.45) is 0 Å². The van der Waals surface area contributed by atoms with Crippen LogP contribution in [0.5, 0.6) is 5.75 Å². The fourth-order valence-electron chi connectivity index (χ4n) is 2.65. The number of aryl methyl sites for hydroxylation is 1. The summed E-state index contributed by atoms with van der Waals surface area (Å²) in [4.78, 5) is 12.0. The van der Waals surface area contributed by atoms with Gasteiger partial charge in [0.2, 0.25) is 0 Å². The van der Waals surface area contributed by atoms with Gasteiger partial charge in [-0.1, -0.05) is 59.7 Å². The van der Waals surface area contributed by atoms with Crippen molar-refractivity contribution in [3.63, 3.8) is 0 Å². The molecule has 0 radical (unpaired) electrons. The number of rotatable bonds is 6. The molecular weight excluding hydrogens is 331 g/mol. The number of methoxy groups -OCH3 is 1. The van der Waals surface area contributed by atoms with Crippen molar-refractivity contribution in [1.29, 1.82) is 0 Å². The molecule has 0 saturated heterocycles. The van der Waals surface area contributed by atoms with Gasteiger partial charge in [0.1, 0.15) is 5.75 Å². The average Bonchev–Trinajstić information content (AvgIpc) is 2.53. The Balaban J connectivity index is 2.54. The van der Waals surface area contributed by atoms with Crippen molar-refractivity contribution in [3.05, 3.63) is 53.1 Å². The third kappa shape index (κ3) is 4.90. The first-order valence-corrected chi connectivity index (χ1v) is 9.38. The molecule has 0 aromatic heterocycles. The van der Waals surface area contributed by atoms with Crippen molar-refractivity contribution in [2.45, 2.75) is 40.0 Å². The summed E-state index contributed by atoms with van der Waals surface area (Å²) in [5.74, 6) is 0.942. The van der Waals surface area contributed by atoms with E-state index in [2.05, 4.69) is 39.8 Å². The third-order valence-electron chi connectivity index (χ3n) is 4.04. The summed E-state index contributed by atoms with van der Waals surface area (Å²) in [6.45, 7) is 10.5. The van der Waals surface area contributed by atoms with E-state index in [0.29, 0.717) is 8.58 Å². The van der Waals surface area contributed by atoms with Crippen LogP contribution in [-0.2, 0) is 10.2 Å². The Morgan fingerprint density at radius 1 is 1.12 bits per heavy atom. The molecule has 0 saturated carbocycles. The molecule has 134 valence electrons. The largest absolute Gasteiger partial charge is 0.467 e. The van der Waals surface area contributed by atoms with Crippen LogP contribution in [0.3, 0.4) is 0 Å². The van der Waals surface area contributed by atoms with Gasteiger partial charge in [0.05, 0.1) is 0 Å². The van der Waals surface area contributed by atoms with Gasteiger partial charge in [-0.05, 0) is 41.8 Å². The van der Waals surface area contributed by atoms with E-state index >= 15 is 0 Å². The fraction of sp³-hybridized carbons (Fsp3) is 0.381. The van der Waals surface area contributed by atoms with E-state index in [1.807, 2.05) is 24.3 Å². The van der Waals surface area contributed by atoms with Crippen LogP contribution in [0.25, 0.3) is 0 Å². The summed E-state index contributed by atoms with van der Waals surface area (Å²) in [5, 5.41) is 2.15. The molecule has 0 heterocycles. The first-order valence-electron chi connectivity index (χ1n) is 8.38. The lowest BCUT2D eigenvalue weighted by atomic mass is 9.86. The Hall–Kier alpha value is -1.70. The maximum atomic E-state index is 12.0. The van der Waals surface area contributed by atoms with Crippen LogP contribution in [0.15, 0.2) is 36.4 Å². The maximum absolute atomic E-state index is 12.0. The summed E-state index contributed by atoms with van der Waals surface area (Å²) >= 11 is 0. The van der Waals surface area contributed by atoms with Crippen LogP contribution in [0.1, 0.15) is 49.2 Å². The molecule has 0 bridgehead atoms. The van der Waals surface area contributed by atoms with Gasteiger partial charge in [-0.3, -0.25) is 4.79 Å². The summed E-state index contributed by atoms with van der Waals surface area (Å²) in [6.07, 6.45) is 0. The van der Waals surface area contributed by atoms with E-state index in [1.165, 1.54) is 5.56 Å². The first-order chi connectivity index (χ1) is 11.7. The van der Waals surface area contributed by atoms with E-state index in [4.69, 9.17) is 9.47 Å². The zero-order valence-corrected chi connectivity index (χ0v) is 16.9. The van der Waals surface area contributed by atoms with Crippen molar-refractivity contribution in [1.82, 2.24) is 0 Å². The molecule has 1 atom stereocenters. The van der Waals surface area contributed by atoms with Gasteiger partial charge in [-0.2, -0.15) is 0 Å². The fourth-order valence-corrected chi connectivity index (χ4v) is 4.13. The smallest absolute Gasteiger partial charge is 0.188 e. The van der Waals surface area contributed by atoms with E-state index in [9.17, 15) is 4.79 Å². The minimum Gasteiger partial charge on any atom is -0.467 e. The predicted molar refractivity (Wildman–Crippen MR) is 106 cm³/mol. The molecule has 0 fully saturated rings. The highest BCUT2D eigenvalue weighted by Crippen LogP contribution is 2.31. The zero-order valence-electron chi connectivity index (χ0n) is 15.9. The second-order valence-electron chi connectivity index (χ2n) is 7.20. The van der Waals surface area contributed by atoms with E-state index < -0.39 is 0 Å². The van der Waals surface area contributed by atoms with Gasteiger partial charge in [-0.15, -0.1) is 0 Å². The second-order valence-corrected chi connectivity index (χ2v) is 8.52. The average molecular weight is 358 g/mol. The Bertz CT molecular complexity index is 760. The highest BCUT2D eigenvalue weighted by atomic mass is 31.1. The molecule has 1 unspecified atom stereocenters. The van der Waals surface area contributed by atoms with Crippen LogP contribution in [0, 0.1) is 6.92 Å². The Labute approximate surface area is 152 Å². The number of ketones is 1. The minimum absolute atomic E-state index is 0.0455. The van der Waals surface area contributed by atoms with E-state index in [-0.39, 0.29) is 18.0 Å². The maximum Gasteiger partial charge on any atom is 0.188 e. The van der Waals surface area contributed by atoms with Gasteiger partial charge in [0.15, 0.2) is 12.6 Å². The molecule has 0 aliphatic rings. The lowest BCUT2D eigenvalue weighted by Gasteiger charge is -2.23. The number of carbonyl (C=O) groups excluding carboxylic acids is 1. The van der Waals surface area contributed by atoms with Gasteiger partial charge < -0.3 is 9.47 Å². The van der Waals surface area contributed by atoms with Crippen LogP contribution >= 0.6 is 8.58 Å². The molecule has 0 aliphatic carbocycles. The molecule has 3 nitrogen and oxygen atoms in total. The number of hydrogen-bond donors (Lipinski definition) is 0. The highest BCUT2D eigenvalue weighted by molar-refractivity contribution is 7.56. The van der Waals surface area contributed by atoms with Gasteiger partial charge in [0, 0.05) is 18.0 Å². The summed E-state index contributed by atoms with van der Waals surface area (Å²) < 4.78 is 10.9. The lowest BCUT2D eigenvalue weighted by Crippen LogP contribution is -2.19. The van der Waals surface area contributed by atoms with Crippen LogP contribution in [0.2, 0.25) is 0 Å². The molecule has 0 N–H and O–H groups in total.